The van der Waals surface area contributed by atoms with Gasteiger partial charge in [0, 0.05) is 40.4 Å². The van der Waals surface area contributed by atoms with E-state index in [0.717, 1.165) is 18.9 Å². The minimum absolute atomic E-state index is 0.693. The van der Waals surface area contributed by atoms with Crippen LogP contribution < -0.4 is 10.2 Å². The normalized spacial score (nSPS) is 11.2. The molecule has 0 amide bonds. The third-order valence-corrected chi connectivity index (χ3v) is 3.83. The van der Waals surface area contributed by atoms with Gasteiger partial charge in [-0.05, 0) is 29.7 Å². The molecule has 0 bridgehead atoms. The summed E-state index contributed by atoms with van der Waals surface area (Å²) in [5, 5.41) is 3.44. The van der Waals surface area contributed by atoms with E-state index in [2.05, 4.69) is 65.7 Å². The van der Waals surface area contributed by atoms with Gasteiger partial charge in [0.15, 0.2) is 5.96 Å². The topological polar surface area (TPSA) is 30.9 Å². The number of guanidine groups is 1. The highest BCUT2D eigenvalue weighted by atomic mass is 15.3. The molecule has 2 aromatic rings. The fourth-order valence-electron chi connectivity index (χ4n) is 2.38. The summed E-state index contributed by atoms with van der Waals surface area (Å²) >= 11 is 0. The maximum absolute atomic E-state index is 4.69. The number of aliphatic imine (C=N–C) groups is 1. The number of hydrogen-bond donors (Lipinski definition) is 1. The van der Waals surface area contributed by atoms with Crippen molar-refractivity contribution in [1.29, 1.82) is 0 Å². The average Bonchev–Trinajstić information content (AvgIpc) is 2.59. The number of anilines is 1. The lowest BCUT2D eigenvalue weighted by molar-refractivity contribution is 0.579. The SMILES string of the molecule is CN(C)C(=NCc1ccccc1)NCCc1ccc(N(C)C)cc1. The molecule has 1 N–H and O–H groups in total. The third-order valence-electron chi connectivity index (χ3n) is 3.83. The molecule has 0 aliphatic heterocycles. The maximum Gasteiger partial charge on any atom is 0.193 e. The fraction of sp³-hybridized carbons (Fsp3) is 0.350. The van der Waals surface area contributed by atoms with E-state index in [-0.39, 0.29) is 0 Å². The van der Waals surface area contributed by atoms with Gasteiger partial charge < -0.3 is 15.1 Å². The van der Waals surface area contributed by atoms with E-state index in [0.29, 0.717) is 6.54 Å². The predicted octanol–water partition coefficient (Wildman–Crippen LogP) is 3.00. The van der Waals surface area contributed by atoms with E-state index in [9.17, 15) is 0 Å². The van der Waals surface area contributed by atoms with Gasteiger partial charge in [-0.15, -0.1) is 0 Å². The molecule has 0 radical (unpaired) electrons. The van der Waals surface area contributed by atoms with Crippen LogP contribution >= 0.6 is 0 Å². The highest BCUT2D eigenvalue weighted by Gasteiger charge is 2.02. The van der Waals surface area contributed by atoms with E-state index in [4.69, 9.17) is 0 Å². The van der Waals surface area contributed by atoms with Gasteiger partial charge >= 0.3 is 0 Å². The Balaban J connectivity index is 1.87. The Labute approximate surface area is 145 Å². The van der Waals surface area contributed by atoms with Gasteiger partial charge in [0.25, 0.3) is 0 Å². The lowest BCUT2D eigenvalue weighted by Gasteiger charge is -2.18. The molecule has 0 saturated heterocycles. The van der Waals surface area contributed by atoms with Crippen molar-refractivity contribution in [2.24, 2.45) is 4.99 Å². The van der Waals surface area contributed by atoms with Crippen LogP contribution in [0.15, 0.2) is 59.6 Å². The molecule has 4 nitrogen and oxygen atoms in total. The molecule has 0 spiro atoms. The molecule has 0 aliphatic carbocycles. The van der Waals surface area contributed by atoms with Crippen LogP contribution in [0.5, 0.6) is 0 Å². The number of benzene rings is 2. The molecule has 2 aromatic carbocycles. The zero-order valence-electron chi connectivity index (χ0n) is 15.2. The van der Waals surface area contributed by atoms with Crippen molar-refractivity contribution in [3.8, 4) is 0 Å². The highest BCUT2D eigenvalue weighted by Crippen LogP contribution is 2.12. The second-order valence-corrected chi connectivity index (χ2v) is 6.26. The Morgan fingerprint density at radius 1 is 0.875 bits per heavy atom. The van der Waals surface area contributed by atoms with Crippen molar-refractivity contribution >= 4 is 11.6 Å². The van der Waals surface area contributed by atoms with Crippen LogP contribution in [0.25, 0.3) is 0 Å². The molecule has 0 heterocycles. The lowest BCUT2D eigenvalue weighted by atomic mass is 10.1. The minimum Gasteiger partial charge on any atom is -0.378 e. The molecule has 128 valence electrons. The molecule has 24 heavy (non-hydrogen) atoms. The summed E-state index contributed by atoms with van der Waals surface area (Å²) in [5.74, 6) is 0.920. The average molecular weight is 324 g/mol. The monoisotopic (exact) mass is 324 g/mol. The number of nitrogens with one attached hydrogen (secondary N) is 1. The summed E-state index contributed by atoms with van der Waals surface area (Å²) in [6, 6.07) is 19.0. The Hall–Kier alpha value is -2.49. The minimum atomic E-state index is 0.693. The van der Waals surface area contributed by atoms with Crippen LogP contribution in [0, 0.1) is 0 Å². The first kappa shape index (κ1) is 17.9. The van der Waals surface area contributed by atoms with Crippen molar-refractivity contribution in [3.05, 3.63) is 65.7 Å². The first-order valence-corrected chi connectivity index (χ1v) is 8.32. The van der Waals surface area contributed by atoms with Gasteiger partial charge in [-0.1, -0.05) is 42.5 Å². The van der Waals surface area contributed by atoms with Crippen LogP contribution in [-0.2, 0) is 13.0 Å². The Kier molecular flexibility index (Phi) is 6.67. The zero-order valence-corrected chi connectivity index (χ0v) is 15.2. The van der Waals surface area contributed by atoms with Crippen molar-refractivity contribution in [2.45, 2.75) is 13.0 Å². The van der Waals surface area contributed by atoms with Gasteiger partial charge in [-0.25, -0.2) is 4.99 Å². The van der Waals surface area contributed by atoms with Crippen molar-refractivity contribution in [2.75, 3.05) is 39.6 Å². The molecule has 4 heteroatoms. The summed E-state index contributed by atoms with van der Waals surface area (Å²) in [6.45, 7) is 1.56. The second kappa shape index (κ2) is 8.96. The van der Waals surface area contributed by atoms with Gasteiger partial charge in [0.1, 0.15) is 0 Å². The number of rotatable bonds is 6. The van der Waals surface area contributed by atoms with E-state index in [1.54, 1.807) is 0 Å². The smallest absolute Gasteiger partial charge is 0.193 e. The van der Waals surface area contributed by atoms with E-state index in [1.807, 2.05) is 37.2 Å². The molecular formula is C20H28N4. The number of nitrogens with zero attached hydrogens (tertiary/aromatic N) is 3. The molecule has 0 aliphatic rings. The molecule has 0 saturated carbocycles. The van der Waals surface area contributed by atoms with Crippen LogP contribution in [0.2, 0.25) is 0 Å². The van der Waals surface area contributed by atoms with Crippen molar-refractivity contribution in [3.63, 3.8) is 0 Å². The second-order valence-electron chi connectivity index (χ2n) is 6.26. The molecule has 0 aromatic heterocycles. The van der Waals surface area contributed by atoms with Crippen LogP contribution in [0.1, 0.15) is 11.1 Å². The van der Waals surface area contributed by atoms with Crippen molar-refractivity contribution < 1.29 is 0 Å². The lowest BCUT2D eigenvalue weighted by Crippen LogP contribution is -2.37. The summed E-state index contributed by atoms with van der Waals surface area (Å²) in [6.07, 6.45) is 0.978. The maximum atomic E-state index is 4.69. The Morgan fingerprint density at radius 3 is 2.12 bits per heavy atom. The van der Waals surface area contributed by atoms with Crippen molar-refractivity contribution in [1.82, 2.24) is 10.2 Å². The summed E-state index contributed by atoms with van der Waals surface area (Å²) in [5.41, 5.74) is 3.78. The standard InChI is InChI=1S/C20H28N4/c1-23(2)19-12-10-17(11-13-19)14-15-21-20(24(3)4)22-16-18-8-6-5-7-9-18/h5-13H,14-16H2,1-4H3,(H,21,22). The molecular weight excluding hydrogens is 296 g/mol. The molecule has 0 atom stereocenters. The first-order chi connectivity index (χ1) is 11.6. The Bertz CT molecular complexity index is 630. The predicted molar refractivity (Wildman–Crippen MR) is 104 cm³/mol. The van der Waals surface area contributed by atoms with E-state index >= 15 is 0 Å². The third kappa shape index (κ3) is 5.61. The van der Waals surface area contributed by atoms with E-state index < -0.39 is 0 Å². The summed E-state index contributed by atoms with van der Waals surface area (Å²) in [4.78, 5) is 8.83. The molecule has 2 rings (SSSR count). The number of hydrogen-bond acceptors (Lipinski definition) is 2. The van der Waals surface area contributed by atoms with Gasteiger partial charge in [0.2, 0.25) is 0 Å². The van der Waals surface area contributed by atoms with Crippen LogP contribution in [-0.4, -0.2) is 45.6 Å². The van der Waals surface area contributed by atoms with E-state index in [1.165, 1.54) is 16.8 Å². The quantitative estimate of drug-likeness (QED) is 0.654. The van der Waals surface area contributed by atoms with Gasteiger partial charge in [-0.2, -0.15) is 0 Å². The van der Waals surface area contributed by atoms with Crippen LogP contribution in [0.3, 0.4) is 0 Å². The first-order valence-electron chi connectivity index (χ1n) is 8.32. The largest absolute Gasteiger partial charge is 0.378 e. The van der Waals surface area contributed by atoms with Gasteiger partial charge in [-0.3, -0.25) is 0 Å². The summed E-state index contributed by atoms with van der Waals surface area (Å²) < 4.78 is 0. The molecule has 0 unspecified atom stereocenters. The summed E-state index contributed by atoms with van der Waals surface area (Å²) in [7, 11) is 8.15. The highest BCUT2D eigenvalue weighted by molar-refractivity contribution is 5.79. The fourth-order valence-corrected chi connectivity index (χ4v) is 2.38. The van der Waals surface area contributed by atoms with Gasteiger partial charge in [0.05, 0.1) is 6.54 Å². The van der Waals surface area contributed by atoms with Crippen LogP contribution in [0.4, 0.5) is 5.69 Å². The molecule has 0 fully saturated rings. The zero-order chi connectivity index (χ0) is 17.4. The Morgan fingerprint density at radius 2 is 1.54 bits per heavy atom.